The summed E-state index contributed by atoms with van der Waals surface area (Å²) >= 11 is 9.19. The highest BCUT2D eigenvalue weighted by Gasteiger charge is 2.04. The van der Waals surface area contributed by atoms with Crippen molar-refractivity contribution in [2.45, 2.75) is 0 Å². The van der Waals surface area contributed by atoms with Crippen molar-refractivity contribution in [3.8, 4) is 5.75 Å². The van der Waals surface area contributed by atoms with Crippen molar-refractivity contribution in [3.63, 3.8) is 0 Å². The lowest BCUT2D eigenvalue weighted by atomic mass is 10.3. The van der Waals surface area contributed by atoms with Gasteiger partial charge in [0.2, 0.25) is 0 Å². The maximum atomic E-state index is 9.10. The minimum absolute atomic E-state index is 0.619. The van der Waals surface area contributed by atoms with Crippen LogP contribution in [0.5, 0.6) is 5.75 Å². The van der Waals surface area contributed by atoms with Gasteiger partial charge in [0.15, 0.2) is 0 Å². The van der Waals surface area contributed by atoms with Crippen molar-refractivity contribution in [2.24, 2.45) is 0 Å². The van der Waals surface area contributed by atoms with Crippen LogP contribution in [0.3, 0.4) is 0 Å². The lowest BCUT2D eigenvalue weighted by Crippen LogP contribution is -2.20. The predicted molar refractivity (Wildman–Crippen MR) is 83.0 cm³/mol. The number of halogens is 2. The van der Waals surface area contributed by atoms with E-state index in [0.29, 0.717) is 11.6 Å². The van der Waals surface area contributed by atoms with Gasteiger partial charge in [0.05, 0.1) is 4.47 Å². The van der Waals surface area contributed by atoms with E-state index >= 15 is 0 Å². The Kier molecular flexibility index (Phi) is 10.3. The normalized spacial score (nSPS) is 9.24. The molecular formula is C13H15BrClNO5. The molecule has 0 bridgehead atoms. The fourth-order valence-electron chi connectivity index (χ4n) is 1.03. The largest absolute Gasteiger partial charge is 0.491 e. The van der Waals surface area contributed by atoms with Gasteiger partial charge in [-0.05, 0) is 34.1 Å². The highest BCUT2D eigenvalue weighted by Crippen LogP contribution is 2.27. The summed E-state index contributed by atoms with van der Waals surface area (Å²) in [6.45, 7) is 5.82. The maximum absolute atomic E-state index is 9.10. The van der Waals surface area contributed by atoms with Crippen molar-refractivity contribution in [3.05, 3.63) is 40.3 Å². The number of carbonyl (C=O) groups is 2. The quantitative estimate of drug-likeness (QED) is 0.398. The molecule has 0 saturated carbocycles. The molecule has 0 fully saturated rings. The molecule has 3 N–H and O–H groups in total. The number of carboxylic acid groups (broad SMARTS) is 2. The van der Waals surface area contributed by atoms with Gasteiger partial charge in [0, 0.05) is 18.1 Å². The lowest BCUT2D eigenvalue weighted by Gasteiger charge is -2.08. The Morgan fingerprint density at radius 2 is 2.00 bits per heavy atom. The van der Waals surface area contributed by atoms with Crippen LogP contribution < -0.4 is 10.1 Å². The standard InChI is InChI=1S/C11H13BrClNO.C2H2O4/c1-2-5-14-6-7-15-11-4-3-9(13)8-10(11)12;3-1(4)2(5)6/h2-4,8,14H,1,5-7H2;(H,3,4)(H,5,6). The number of aliphatic carboxylic acids is 2. The molecule has 1 rings (SSSR count). The van der Waals surface area contributed by atoms with Gasteiger partial charge in [-0.3, -0.25) is 0 Å². The van der Waals surface area contributed by atoms with Gasteiger partial charge in [0.1, 0.15) is 12.4 Å². The van der Waals surface area contributed by atoms with E-state index in [4.69, 9.17) is 36.1 Å². The van der Waals surface area contributed by atoms with E-state index < -0.39 is 11.9 Å². The third-order valence-electron chi connectivity index (χ3n) is 1.90. The van der Waals surface area contributed by atoms with Crippen LogP contribution in [0.4, 0.5) is 0 Å². The first-order valence-electron chi connectivity index (χ1n) is 5.74. The van der Waals surface area contributed by atoms with Crippen molar-refractivity contribution in [1.29, 1.82) is 0 Å². The molecule has 0 radical (unpaired) electrons. The SMILES string of the molecule is C=CCNCCOc1ccc(Cl)cc1Br.O=C(O)C(=O)O. The predicted octanol–water partition coefficient (Wildman–Crippen LogP) is 2.41. The van der Waals surface area contributed by atoms with Crippen LogP contribution in [-0.2, 0) is 9.59 Å². The van der Waals surface area contributed by atoms with Crippen LogP contribution in [0.15, 0.2) is 35.3 Å². The van der Waals surface area contributed by atoms with Gasteiger partial charge in [-0.2, -0.15) is 0 Å². The van der Waals surface area contributed by atoms with E-state index in [-0.39, 0.29) is 0 Å². The number of hydrogen-bond donors (Lipinski definition) is 3. The minimum Gasteiger partial charge on any atom is -0.491 e. The summed E-state index contributed by atoms with van der Waals surface area (Å²) in [6.07, 6.45) is 1.82. The molecule has 0 heterocycles. The first kappa shape index (κ1) is 19.4. The summed E-state index contributed by atoms with van der Waals surface area (Å²) in [5, 5.41) is 18.6. The molecule has 0 unspecified atom stereocenters. The summed E-state index contributed by atoms with van der Waals surface area (Å²) in [5.74, 6) is -2.84. The molecule has 1 aromatic carbocycles. The van der Waals surface area contributed by atoms with Crippen molar-refractivity contribution < 1.29 is 24.5 Å². The first-order chi connectivity index (χ1) is 9.88. The molecule has 116 valence electrons. The number of nitrogens with one attached hydrogen (secondary N) is 1. The highest BCUT2D eigenvalue weighted by molar-refractivity contribution is 9.10. The van der Waals surface area contributed by atoms with Gasteiger partial charge in [-0.1, -0.05) is 17.7 Å². The molecular weight excluding hydrogens is 366 g/mol. The average Bonchev–Trinajstić information content (AvgIpc) is 2.41. The molecule has 1 aromatic rings. The molecule has 0 aliphatic carbocycles. The smallest absolute Gasteiger partial charge is 0.414 e. The van der Waals surface area contributed by atoms with Crippen molar-refractivity contribution in [2.75, 3.05) is 19.7 Å². The zero-order valence-corrected chi connectivity index (χ0v) is 13.4. The van der Waals surface area contributed by atoms with E-state index in [0.717, 1.165) is 23.3 Å². The summed E-state index contributed by atoms with van der Waals surface area (Å²) in [6, 6.07) is 5.47. The Morgan fingerprint density at radius 1 is 1.38 bits per heavy atom. The van der Waals surface area contributed by atoms with Crippen LogP contribution in [0, 0.1) is 0 Å². The zero-order chi connectivity index (χ0) is 16.3. The van der Waals surface area contributed by atoms with Gasteiger partial charge < -0.3 is 20.3 Å². The van der Waals surface area contributed by atoms with Gasteiger partial charge >= 0.3 is 11.9 Å². The Bertz CT molecular complexity index is 483. The van der Waals surface area contributed by atoms with Crippen LogP contribution in [-0.4, -0.2) is 41.8 Å². The second kappa shape index (κ2) is 11.1. The van der Waals surface area contributed by atoms with Crippen LogP contribution in [0.25, 0.3) is 0 Å². The van der Waals surface area contributed by atoms with E-state index in [1.165, 1.54) is 0 Å². The summed E-state index contributed by atoms with van der Waals surface area (Å²) in [4.78, 5) is 18.2. The molecule has 0 spiro atoms. The van der Waals surface area contributed by atoms with Crippen LogP contribution in [0.2, 0.25) is 5.02 Å². The molecule has 0 saturated heterocycles. The van der Waals surface area contributed by atoms with E-state index in [9.17, 15) is 0 Å². The lowest BCUT2D eigenvalue weighted by molar-refractivity contribution is -0.159. The van der Waals surface area contributed by atoms with Gasteiger partial charge in [0.25, 0.3) is 0 Å². The molecule has 0 aliphatic rings. The first-order valence-corrected chi connectivity index (χ1v) is 6.91. The third-order valence-corrected chi connectivity index (χ3v) is 2.76. The topological polar surface area (TPSA) is 95.9 Å². The number of carboxylic acids is 2. The Balaban J connectivity index is 0.000000567. The zero-order valence-electron chi connectivity index (χ0n) is 11.0. The number of ether oxygens (including phenoxy) is 1. The second-order valence-corrected chi connectivity index (χ2v) is 4.82. The fraction of sp³-hybridized carbons (Fsp3) is 0.231. The second-order valence-electron chi connectivity index (χ2n) is 3.53. The maximum Gasteiger partial charge on any atom is 0.414 e. The van der Waals surface area contributed by atoms with Crippen molar-refractivity contribution >= 4 is 39.5 Å². The fourth-order valence-corrected chi connectivity index (χ4v) is 1.83. The number of hydrogen-bond acceptors (Lipinski definition) is 4. The molecule has 8 heteroatoms. The van der Waals surface area contributed by atoms with Crippen LogP contribution in [0.1, 0.15) is 0 Å². The summed E-state index contributed by atoms with van der Waals surface area (Å²) < 4.78 is 6.41. The number of benzene rings is 1. The number of rotatable bonds is 6. The summed E-state index contributed by atoms with van der Waals surface area (Å²) in [5.41, 5.74) is 0. The Labute approximate surface area is 135 Å². The molecule has 21 heavy (non-hydrogen) atoms. The summed E-state index contributed by atoms with van der Waals surface area (Å²) in [7, 11) is 0. The molecule has 0 aliphatic heterocycles. The molecule has 0 aromatic heterocycles. The molecule has 0 amide bonds. The van der Waals surface area contributed by atoms with Crippen LogP contribution >= 0.6 is 27.5 Å². The third kappa shape index (κ3) is 9.89. The Morgan fingerprint density at radius 3 is 2.48 bits per heavy atom. The van der Waals surface area contributed by atoms with Gasteiger partial charge in [-0.15, -0.1) is 6.58 Å². The average molecular weight is 381 g/mol. The van der Waals surface area contributed by atoms with Gasteiger partial charge in [-0.25, -0.2) is 9.59 Å². The minimum atomic E-state index is -1.82. The monoisotopic (exact) mass is 379 g/mol. The Hall–Kier alpha value is -1.57. The highest BCUT2D eigenvalue weighted by atomic mass is 79.9. The van der Waals surface area contributed by atoms with E-state index in [1.807, 2.05) is 18.2 Å². The van der Waals surface area contributed by atoms with E-state index in [1.54, 1.807) is 6.07 Å². The van der Waals surface area contributed by atoms with Crippen molar-refractivity contribution in [1.82, 2.24) is 5.32 Å². The molecule has 6 nitrogen and oxygen atoms in total. The van der Waals surface area contributed by atoms with E-state index in [2.05, 4.69) is 27.8 Å². The molecule has 0 atom stereocenters.